The molecule has 82 valence electrons. The number of nitrogen functional groups attached to an aromatic ring is 1. The van der Waals surface area contributed by atoms with Gasteiger partial charge in [-0.2, -0.15) is 5.10 Å². The lowest BCUT2D eigenvalue weighted by Crippen LogP contribution is -2.15. The van der Waals surface area contributed by atoms with Crippen LogP contribution in [0.1, 0.15) is 30.3 Å². The van der Waals surface area contributed by atoms with Crippen molar-refractivity contribution >= 4 is 11.6 Å². The van der Waals surface area contributed by atoms with E-state index in [2.05, 4.69) is 12.0 Å². The summed E-state index contributed by atoms with van der Waals surface area (Å²) in [7, 11) is 0. The van der Waals surface area contributed by atoms with Gasteiger partial charge in [-0.3, -0.25) is 9.48 Å². The Morgan fingerprint density at radius 1 is 1.73 bits per heavy atom. The van der Waals surface area contributed by atoms with Crippen molar-refractivity contribution in [3.05, 3.63) is 11.9 Å². The maximum atomic E-state index is 10.9. The van der Waals surface area contributed by atoms with Gasteiger partial charge in [0.15, 0.2) is 5.69 Å². The molecule has 15 heavy (non-hydrogen) atoms. The second-order valence-corrected chi connectivity index (χ2v) is 4.33. The van der Waals surface area contributed by atoms with Crippen molar-refractivity contribution in [2.45, 2.75) is 26.3 Å². The highest BCUT2D eigenvalue weighted by molar-refractivity contribution is 5.95. The van der Waals surface area contributed by atoms with Crippen LogP contribution >= 0.6 is 0 Å². The average molecular weight is 208 g/mol. The maximum Gasteiger partial charge on any atom is 0.271 e. The van der Waals surface area contributed by atoms with E-state index in [1.807, 2.05) is 0 Å². The molecule has 0 spiro atoms. The number of amides is 1. The smallest absolute Gasteiger partial charge is 0.271 e. The molecule has 0 saturated heterocycles. The quantitative estimate of drug-likeness (QED) is 0.760. The number of aromatic nitrogens is 2. The Balaban J connectivity index is 2.08. The van der Waals surface area contributed by atoms with Crippen molar-refractivity contribution in [2.24, 2.45) is 17.6 Å². The molecule has 1 atom stereocenters. The van der Waals surface area contributed by atoms with E-state index in [1.54, 1.807) is 10.9 Å². The van der Waals surface area contributed by atoms with Gasteiger partial charge >= 0.3 is 0 Å². The molecule has 0 aromatic carbocycles. The van der Waals surface area contributed by atoms with Gasteiger partial charge in [0, 0.05) is 12.7 Å². The van der Waals surface area contributed by atoms with Crippen LogP contribution in [0.5, 0.6) is 0 Å². The molecule has 1 aromatic rings. The molecule has 1 heterocycles. The van der Waals surface area contributed by atoms with Gasteiger partial charge in [0.1, 0.15) is 0 Å². The molecule has 0 aliphatic heterocycles. The second-order valence-electron chi connectivity index (χ2n) is 4.33. The summed E-state index contributed by atoms with van der Waals surface area (Å²) < 4.78 is 1.72. The van der Waals surface area contributed by atoms with Gasteiger partial charge in [0.05, 0.1) is 5.69 Å². The zero-order valence-corrected chi connectivity index (χ0v) is 8.81. The first-order chi connectivity index (χ1) is 7.08. The molecule has 2 rings (SSSR count). The van der Waals surface area contributed by atoms with Crippen molar-refractivity contribution in [1.82, 2.24) is 9.78 Å². The van der Waals surface area contributed by atoms with Gasteiger partial charge in [0.25, 0.3) is 5.91 Å². The van der Waals surface area contributed by atoms with Crippen molar-refractivity contribution < 1.29 is 4.79 Å². The van der Waals surface area contributed by atoms with Crippen LogP contribution in [0.25, 0.3) is 0 Å². The summed E-state index contributed by atoms with van der Waals surface area (Å²) >= 11 is 0. The first-order valence-corrected chi connectivity index (χ1v) is 5.20. The molecule has 1 amide bonds. The minimum Gasteiger partial charge on any atom is -0.396 e. The van der Waals surface area contributed by atoms with Crippen LogP contribution in [0.4, 0.5) is 5.69 Å². The van der Waals surface area contributed by atoms with Gasteiger partial charge in [0.2, 0.25) is 0 Å². The number of carbonyl (C=O) groups excluding carboxylic acids is 1. The summed E-state index contributed by atoms with van der Waals surface area (Å²) in [5.41, 5.74) is 11.3. The largest absolute Gasteiger partial charge is 0.396 e. The van der Waals surface area contributed by atoms with E-state index >= 15 is 0 Å². The Kier molecular flexibility index (Phi) is 2.38. The number of hydrogen-bond donors (Lipinski definition) is 2. The van der Waals surface area contributed by atoms with Crippen molar-refractivity contribution in [3.8, 4) is 0 Å². The molecule has 4 N–H and O–H groups in total. The van der Waals surface area contributed by atoms with Crippen LogP contribution in [0.3, 0.4) is 0 Å². The normalized spacial score (nSPS) is 17.7. The minimum atomic E-state index is -0.565. The second kappa shape index (κ2) is 3.56. The first-order valence-electron chi connectivity index (χ1n) is 5.20. The van der Waals surface area contributed by atoms with Gasteiger partial charge in [-0.15, -0.1) is 0 Å². The Labute approximate surface area is 88.4 Å². The van der Waals surface area contributed by atoms with Gasteiger partial charge in [-0.05, 0) is 24.7 Å². The average Bonchev–Trinajstić information content (AvgIpc) is 2.91. The number of primary amides is 1. The Morgan fingerprint density at radius 3 is 2.87 bits per heavy atom. The number of nitrogens with zero attached hydrogens (tertiary/aromatic N) is 2. The molecule has 5 nitrogen and oxygen atoms in total. The summed E-state index contributed by atoms with van der Waals surface area (Å²) in [5, 5.41) is 4.08. The zero-order valence-electron chi connectivity index (χ0n) is 8.81. The van der Waals surface area contributed by atoms with E-state index in [-0.39, 0.29) is 5.69 Å². The monoisotopic (exact) mass is 208 g/mol. The fourth-order valence-corrected chi connectivity index (χ4v) is 1.83. The Hall–Kier alpha value is -1.52. The lowest BCUT2D eigenvalue weighted by atomic mass is 10.1. The third-order valence-corrected chi connectivity index (χ3v) is 2.93. The molecule has 1 aliphatic rings. The highest BCUT2D eigenvalue weighted by Gasteiger charge is 2.28. The van der Waals surface area contributed by atoms with E-state index in [4.69, 9.17) is 11.5 Å². The van der Waals surface area contributed by atoms with E-state index in [9.17, 15) is 4.79 Å². The van der Waals surface area contributed by atoms with Crippen LogP contribution in [0.15, 0.2) is 6.20 Å². The lowest BCUT2D eigenvalue weighted by molar-refractivity contribution is 0.0995. The van der Waals surface area contributed by atoms with Crippen LogP contribution in [0, 0.1) is 11.8 Å². The van der Waals surface area contributed by atoms with E-state index in [0.717, 1.165) is 12.5 Å². The SMILES string of the molecule is CC(Cn1cc(N)c(C(N)=O)n1)C1CC1. The molecule has 1 fully saturated rings. The van der Waals surface area contributed by atoms with Crippen molar-refractivity contribution in [2.75, 3.05) is 5.73 Å². The first kappa shape index (κ1) is 10.0. The zero-order chi connectivity index (χ0) is 11.0. The summed E-state index contributed by atoms with van der Waals surface area (Å²) in [4.78, 5) is 10.9. The number of carbonyl (C=O) groups is 1. The number of anilines is 1. The predicted octanol–water partition coefficient (Wildman–Crippen LogP) is 0.610. The van der Waals surface area contributed by atoms with Gasteiger partial charge < -0.3 is 11.5 Å². The molecule has 0 bridgehead atoms. The Bertz CT molecular complexity index is 381. The van der Waals surface area contributed by atoms with E-state index < -0.39 is 5.91 Å². The van der Waals surface area contributed by atoms with E-state index in [1.165, 1.54) is 12.8 Å². The standard InChI is InChI=1S/C10H16N4O/c1-6(7-2-3-7)4-14-5-8(11)9(13-14)10(12)15/h5-7H,2-4,11H2,1H3,(H2,12,15). The third-order valence-electron chi connectivity index (χ3n) is 2.93. The summed E-state index contributed by atoms with van der Waals surface area (Å²) in [5.74, 6) is 0.836. The number of rotatable bonds is 4. The lowest BCUT2D eigenvalue weighted by Gasteiger charge is -2.08. The maximum absolute atomic E-state index is 10.9. The molecule has 1 unspecified atom stereocenters. The summed E-state index contributed by atoms with van der Waals surface area (Å²) in [6, 6.07) is 0. The fourth-order valence-electron chi connectivity index (χ4n) is 1.83. The number of hydrogen-bond acceptors (Lipinski definition) is 3. The minimum absolute atomic E-state index is 0.179. The van der Waals surface area contributed by atoms with Crippen LogP contribution < -0.4 is 11.5 Å². The molecular weight excluding hydrogens is 192 g/mol. The van der Waals surface area contributed by atoms with Crippen molar-refractivity contribution in [3.63, 3.8) is 0 Å². The molecule has 5 heteroatoms. The number of nitrogens with two attached hydrogens (primary N) is 2. The highest BCUT2D eigenvalue weighted by atomic mass is 16.1. The van der Waals surface area contributed by atoms with Crippen molar-refractivity contribution in [1.29, 1.82) is 0 Å². The van der Waals surface area contributed by atoms with Crippen LogP contribution in [-0.2, 0) is 6.54 Å². The summed E-state index contributed by atoms with van der Waals surface area (Å²) in [6.07, 6.45) is 4.29. The fraction of sp³-hybridized carbons (Fsp3) is 0.600. The predicted molar refractivity (Wildman–Crippen MR) is 57.0 cm³/mol. The van der Waals surface area contributed by atoms with Crippen LogP contribution in [-0.4, -0.2) is 15.7 Å². The molecule has 1 saturated carbocycles. The molecule has 1 aromatic heterocycles. The molecular formula is C10H16N4O. The van der Waals surface area contributed by atoms with Gasteiger partial charge in [-0.25, -0.2) is 0 Å². The Morgan fingerprint density at radius 2 is 2.40 bits per heavy atom. The third kappa shape index (κ3) is 2.11. The topological polar surface area (TPSA) is 86.9 Å². The molecule has 1 aliphatic carbocycles. The molecule has 0 radical (unpaired) electrons. The van der Waals surface area contributed by atoms with Crippen LogP contribution in [0.2, 0.25) is 0 Å². The summed E-state index contributed by atoms with van der Waals surface area (Å²) in [6.45, 7) is 3.00. The highest BCUT2D eigenvalue weighted by Crippen LogP contribution is 2.37. The van der Waals surface area contributed by atoms with Gasteiger partial charge in [-0.1, -0.05) is 6.92 Å². The van der Waals surface area contributed by atoms with E-state index in [0.29, 0.717) is 11.6 Å².